The lowest BCUT2D eigenvalue weighted by molar-refractivity contribution is -0.153. The Labute approximate surface area is 182 Å². The van der Waals surface area contributed by atoms with E-state index in [9.17, 15) is 13.2 Å². The second kappa shape index (κ2) is 9.96. The van der Waals surface area contributed by atoms with Crippen molar-refractivity contribution < 1.29 is 22.1 Å². The summed E-state index contributed by atoms with van der Waals surface area (Å²) in [6.07, 6.45) is 6.10. The molecule has 1 amide bonds. The Morgan fingerprint density at radius 3 is 2.59 bits per heavy atom. The second-order valence-corrected chi connectivity index (χ2v) is 10.2. The predicted molar refractivity (Wildman–Crippen MR) is 113 cm³/mol. The molecule has 1 aliphatic carbocycles. The quantitative estimate of drug-likeness (QED) is 0.590. The van der Waals surface area contributed by atoms with Crippen LogP contribution in [0.3, 0.4) is 0 Å². The van der Waals surface area contributed by atoms with Gasteiger partial charge in [0.1, 0.15) is 0 Å². The number of benzene rings is 1. The maximum atomic E-state index is 13.4. The summed E-state index contributed by atoms with van der Waals surface area (Å²) in [5, 5.41) is 0.847. The molecule has 29 heavy (non-hydrogen) atoms. The van der Waals surface area contributed by atoms with Gasteiger partial charge < -0.3 is 9.64 Å². The minimum absolute atomic E-state index is 0.00716. The van der Waals surface area contributed by atoms with Crippen LogP contribution in [-0.4, -0.2) is 51.3 Å². The van der Waals surface area contributed by atoms with E-state index < -0.39 is 16.2 Å². The third-order valence-electron chi connectivity index (χ3n) is 5.57. The first-order valence-corrected chi connectivity index (χ1v) is 12.5. The van der Waals surface area contributed by atoms with E-state index in [2.05, 4.69) is 0 Å². The zero-order valence-electron chi connectivity index (χ0n) is 16.5. The predicted octanol–water partition coefficient (Wildman–Crippen LogP) is 4.21. The van der Waals surface area contributed by atoms with Crippen LogP contribution in [-0.2, 0) is 23.8 Å². The van der Waals surface area contributed by atoms with Crippen molar-refractivity contribution in [3.05, 3.63) is 33.8 Å². The number of nitrogens with zero attached hydrogens (tertiary/aromatic N) is 1. The molecule has 1 aromatic carbocycles. The van der Waals surface area contributed by atoms with E-state index in [-0.39, 0.29) is 24.5 Å². The molecule has 1 saturated carbocycles. The molecule has 0 spiro atoms. The molecule has 2 fully saturated rings. The first-order valence-electron chi connectivity index (χ1n) is 9.97. The standard InChI is InChI=1S/C20H27Cl2NO5S/c1-29(25,26)28-11-9-18-19(15-7-8-16(21)17(22)13-15)23(10-12-27-18)20(24)14-5-3-2-4-6-14/h7-8,13-14,18-19H,2-6,9-12H2,1H3/t18-,19?/m1/s1. The number of hydrogen-bond donors (Lipinski definition) is 0. The third-order valence-corrected chi connectivity index (χ3v) is 6.91. The van der Waals surface area contributed by atoms with E-state index in [1.807, 2.05) is 11.0 Å². The number of rotatable bonds is 6. The van der Waals surface area contributed by atoms with Crippen LogP contribution in [0.1, 0.15) is 50.1 Å². The molecule has 9 heteroatoms. The van der Waals surface area contributed by atoms with E-state index in [0.29, 0.717) is 29.6 Å². The van der Waals surface area contributed by atoms with Crippen LogP contribution in [0, 0.1) is 5.92 Å². The molecule has 1 aromatic rings. The Hall–Kier alpha value is -0.860. The first kappa shape index (κ1) is 22.8. The van der Waals surface area contributed by atoms with Gasteiger partial charge in [0.2, 0.25) is 5.91 Å². The molecule has 1 saturated heterocycles. The maximum absolute atomic E-state index is 13.4. The van der Waals surface area contributed by atoms with Gasteiger partial charge in [-0.25, -0.2) is 0 Å². The molecule has 1 unspecified atom stereocenters. The van der Waals surface area contributed by atoms with Crippen LogP contribution in [0.15, 0.2) is 18.2 Å². The smallest absolute Gasteiger partial charge is 0.264 e. The third kappa shape index (κ3) is 6.07. The summed E-state index contributed by atoms with van der Waals surface area (Å²) in [5.41, 5.74) is 0.826. The summed E-state index contributed by atoms with van der Waals surface area (Å²) in [7, 11) is -3.54. The zero-order chi connectivity index (χ0) is 21.0. The molecule has 162 valence electrons. The fourth-order valence-electron chi connectivity index (χ4n) is 4.21. The molecule has 6 nitrogen and oxygen atoms in total. The van der Waals surface area contributed by atoms with Gasteiger partial charge in [0.15, 0.2) is 0 Å². The number of ether oxygens (including phenoxy) is 1. The van der Waals surface area contributed by atoms with Gasteiger partial charge in [-0.2, -0.15) is 8.42 Å². The van der Waals surface area contributed by atoms with Crippen LogP contribution in [0.2, 0.25) is 10.0 Å². The van der Waals surface area contributed by atoms with Crippen molar-refractivity contribution in [3.63, 3.8) is 0 Å². The Kier molecular flexibility index (Phi) is 7.84. The molecule has 0 radical (unpaired) electrons. The van der Waals surface area contributed by atoms with Crippen LogP contribution >= 0.6 is 23.2 Å². The number of amides is 1. The highest BCUT2D eigenvalue weighted by Gasteiger charge is 2.39. The summed E-state index contributed by atoms with van der Waals surface area (Å²) >= 11 is 12.3. The zero-order valence-corrected chi connectivity index (χ0v) is 18.8. The molecule has 2 atom stereocenters. The van der Waals surface area contributed by atoms with Gasteiger partial charge in [0, 0.05) is 18.9 Å². The number of carbonyl (C=O) groups excluding carboxylic acids is 1. The van der Waals surface area contributed by atoms with Crippen LogP contribution in [0.4, 0.5) is 0 Å². The molecule has 0 N–H and O–H groups in total. The van der Waals surface area contributed by atoms with Gasteiger partial charge in [0.25, 0.3) is 10.1 Å². The number of halogens is 2. The van der Waals surface area contributed by atoms with Crippen molar-refractivity contribution >= 4 is 39.2 Å². The van der Waals surface area contributed by atoms with Crippen LogP contribution in [0.5, 0.6) is 0 Å². The molecule has 0 bridgehead atoms. The summed E-state index contributed by atoms with van der Waals surface area (Å²) in [4.78, 5) is 15.2. The monoisotopic (exact) mass is 463 g/mol. The lowest BCUT2D eigenvalue weighted by Gasteiger charge is -2.43. The molecule has 1 heterocycles. The lowest BCUT2D eigenvalue weighted by Crippen LogP contribution is -2.50. The topological polar surface area (TPSA) is 72.9 Å². The average Bonchev–Trinajstić information content (AvgIpc) is 2.69. The molecular weight excluding hydrogens is 437 g/mol. The summed E-state index contributed by atoms with van der Waals surface area (Å²) < 4.78 is 33.5. The van der Waals surface area contributed by atoms with Gasteiger partial charge in [-0.15, -0.1) is 0 Å². The molecule has 1 aliphatic heterocycles. The summed E-state index contributed by atoms with van der Waals surface area (Å²) in [6.45, 7) is 0.885. The van der Waals surface area contributed by atoms with Crippen molar-refractivity contribution in [2.45, 2.75) is 50.7 Å². The maximum Gasteiger partial charge on any atom is 0.264 e. The number of carbonyl (C=O) groups is 1. The van der Waals surface area contributed by atoms with E-state index in [1.165, 1.54) is 6.42 Å². The first-order chi connectivity index (χ1) is 13.8. The van der Waals surface area contributed by atoms with Crippen molar-refractivity contribution in [3.8, 4) is 0 Å². The summed E-state index contributed by atoms with van der Waals surface area (Å²) in [6, 6.07) is 4.95. The van der Waals surface area contributed by atoms with Crippen molar-refractivity contribution in [2.75, 3.05) is 26.0 Å². The van der Waals surface area contributed by atoms with E-state index in [0.717, 1.165) is 37.5 Å². The lowest BCUT2D eigenvalue weighted by atomic mass is 9.86. The summed E-state index contributed by atoms with van der Waals surface area (Å²) in [5.74, 6) is 0.165. The fraction of sp³-hybridized carbons (Fsp3) is 0.650. The second-order valence-electron chi connectivity index (χ2n) is 7.71. The molecule has 2 aliphatic rings. The largest absolute Gasteiger partial charge is 0.374 e. The number of hydrogen-bond acceptors (Lipinski definition) is 5. The SMILES string of the molecule is CS(=O)(=O)OCC[C@H]1OCCN(C(=O)C2CCCCC2)C1c1ccc(Cl)c(Cl)c1. The molecule has 3 rings (SSSR count). The highest BCUT2D eigenvalue weighted by Crippen LogP contribution is 2.37. The Balaban J connectivity index is 1.86. The fourth-order valence-corrected chi connectivity index (χ4v) is 4.92. The van der Waals surface area contributed by atoms with Crippen molar-refractivity contribution in [2.24, 2.45) is 5.92 Å². The molecule has 0 aromatic heterocycles. The Bertz CT molecular complexity index is 826. The van der Waals surface area contributed by atoms with Gasteiger partial charge in [0.05, 0.1) is 41.7 Å². The van der Waals surface area contributed by atoms with Crippen molar-refractivity contribution in [1.82, 2.24) is 4.90 Å². The molecular formula is C20H27Cl2NO5S. The normalized spacial score (nSPS) is 23.9. The van der Waals surface area contributed by atoms with Gasteiger partial charge >= 0.3 is 0 Å². The average molecular weight is 464 g/mol. The van der Waals surface area contributed by atoms with Crippen LogP contribution < -0.4 is 0 Å². The Morgan fingerprint density at radius 2 is 1.93 bits per heavy atom. The minimum Gasteiger partial charge on any atom is -0.374 e. The van der Waals surface area contributed by atoms with Crippen molar-refractivity contribution in [1.29, 1.82) is 0 Å². The van der Waals surface area contributed by atoms with Gasteiger partial charge in [-0.05, 0) is 30.5 Å². The van der Waals surface area contributed by atoms with E-state index in [1.54, 1.807) is 12.1 Å². The highest BCUT2D eigenvalue weighted by atomic mass is 35.5. The van der Waals surface area contributed by atoms with Crippen LogP contribution in [0.25, 0.3) is 0 Å². The van der Waals surface area contributed by atoms with E-state index >= 15 is 0 Å². The number of morpholine rings is 1. The Morgan fingerprint density at radius 1 is 1.21 bits per heavy atom. The van der Waals surface area contributed by atoms with E-state index in [4.69, 9.17) is 32.1 Å². The van der Waals surface area contributed by atoms with Gasteiger partial charge in [-0.3, -0.25) is 8.98 Å². The van der Waals surface area contributed by atoms with Gasteiger partial charge in [-0.1, -0.05) is 48.5 Å². The highest BCUT2D eigenvalue weighted by molar-refractivity contribution is 7.85. The minimum atomic E-state index is -3.54.